The van der Waals surface area contributed by atoms with Crippen molar-refractivity contribution in [3.8, 4) is 0 Å². The molecule has 5 nitrogen and oxygen atoms in total. The van der Waals surface area contributed by atoms with Crippen LogP contribution in [0.5, 0.6) is 0 Å². The molecule has 3 rings (SSSR count). The van der Waals surface area contributed by atoms with Crippen molar-refractivity contribution >= 4 is 27.9 Å². The highest BCUT2D eigenvalue weighted by Gasteiger charge is 2.36. The van der Waals surface area contributed by atoms with Gasteiger partial charge >= 0.3 is 0 Å². The summed E-state index contributed by atoms with van der Waals surface area (Å²) in [4.78, 5) is 15.0. The number of aliphatic hydroxyl groups excluding tert-OH is 1. The lowest BCUT2D eigenvalue weighted by molar-refractivity contribution is 0.0963. The van der Waals surface area contributed by atoms with Crippen molar-refractivity contribution in [1.82, 2.24) is 5.32 Å². The van der Waals surface area contributed by atoms with Crippen molar-refractivity contribution in [2.75, 3.05) is 30.3 Å². The lowest BCUT2D eigenvalue weighted by Gasteiger charge is -2.17. The minimum absolute atomic E-state index is 0.134. The number of anilines is 2. The normalized spacial score (nSPS) is 21.6. The van der Waals surface area contributed by atoms with Crippen LogP contribution in [0.1, 0.15) is 40.4 Å². The first-order valence-corrected chi connectivity index (χ1v) is 8.17. The van der Waals surface area contributed by atoms with Crippen LogP contribution in [0.25, 0.3) is 0 Å². The Labute approximate surface area is 128 Å². The molecule has 114 valence electrons. The van der Waals surface area contributed by atoms with Gasteiger partial charge in [0.25, 0.3) is 5.91 Å². The third-order valence-corrected chi connectivity index (χ3v) is 5.29. The summed E-state index contributed by atoms with van der Waals surface area (Å²) in [6.45, 7) is 5.50. The molecule has 0 bridgehead atoms. The fourth-order valence-electron chi connectivity index (χ4n) is 2.79. The number of hydrogen-bond acceptors (Lipinski definition) is 5. The number of amides is 1. The molecule has 1 saturated carbocycles. The van der Waals surface area contributed by atoms with Crippen molar-refractivity contribution in [3.63, 3.8) is 0 Å². The summed E-state index contributed by atoms with van der Waals surface area (Å²) in [5.74, 6) is 0.347. The number of nitrogens with zero attached hydrogens (tertiary/aromatic N) is 1. The monoisotopic (exact) mass is 307 g/mol. The van der Waals surface area contributed by atoms with Gasteiger partial charge in [0, 0.05) is 25.2 Å². The van der Waals surface area contributed by atoms with Gasteiger partial charge in [-0.2, -0.15) is 0 Å². The molecule has 6 heteroatoms. The topological polar surface area (TPSA) is 78.6 Å². The van der Waals surface area contributed by atoms with Crippen LogP contribution in [0.2, 0.25) is 0 Å². The van der Waals surface area contributed by atoms with Crippen molar-refractivity contribution in [1.29, 1.82) is 0 Å². The molecule has 2 fully saturated rings. The molecule has 1 atom stereocenters. The number of nitrogen functional groups attached to an aromatic ring is 1. The highest BCUT2D eigenvalue weighted by molar-refractivity contribution is 7.18. The standard InChI is InChI=1S/C15H21N3O2S/c1-2-6-17-14(20)13-12(16)11(9-3-4-9)15(21-13)18-7-5-10(19)8-18/h2,9-10,19H,1,3-8,16H2,(H,17,20). The van der Waals surface area contributed by atoms with Gasteiger partial charge in [-0.1, -0.05) is 6.08 Å². The molecule has 0 aromatic carbocycles. The zero-order valence-electron chi connectivity index (χ0n) is 12.0. The quantitative estimate of drug-likeness (QED) is 0.723. The smallest absolute Gasteiger partial charge is 0.263 e. The molecule has 0 radical (unpaired) electrons. The van der Waals surface area contributed by atoms with Crippen LogP contribution in [0.4, 0.5) is 10.7 Å². The van der Waals surface area contributed by atoms with Gasteiger partial charge in [-0.3, -0.25) is 4.79 Å². The molecular weight excluding hydrogens is 286 g/mol. The molecule has 21 heavy (non-hydrogen) atoms. The zero-order chi connectivity index (χ0) is 15.0. The number of rotatable bonds is 5. The van der Waals surface area contributed by atoms with E-state index in [-0.39, 0.29) is 12.0 Å². The van der Waals surface area contributed by atoms with E-state index in [1.807, 2.05) is 0 Å². The van der Waals surface area contributed by atoms with Crippen molar-refractivity contribution in [2.45, 2.75) is 31.3 Å². The summed E-state index contributed by atoms with van der Waals surface area (Å²) in [7, 11) is 0. The Hall–Kier alpha value is -1.53. The van der Waals surface area contributed by atoms with E-state index in [1.54, 1.807) is 6.08 Å². The Morgan fingerprint density at radius 3 is 2.86 bits per heavy atom. The van der Waals surface area contributed by atoms with E-state index in [1.165, 1.54) is 11.3 Å². The van der Waals surface area contributed by atoms with Gasteiger partial charge in [0.2, 0.25) is 0 Å². The highest BCUT2D eigenvalue weighted by Crippen LogP contribution is 2.52. The van der Waals surface area contributed by atoms with E-state index in [0.717, 1.165) is 36.4 Å². The highest BCUT2D eigenvalue weighted by atomic mass is 32.1. The largest absolute Gasteiger partial charge is 0.397 e. The number of nitrogens with two attached hydrogens (primary N) is 1. The van der Waals surface area contributed by atoms with Gasteiger partial charge in [-0.25, -0.2) is 0 Å². The Balaban J connectivity index is 1.91. The maximum atomic E-state index is 12.2. The number of hydrogen-bond donors (Lipinski definition) is 3. The minimum atomic E-state index is -0.279. The van der Waals surface area contributed by atoms with Crippen LogP contribution in [0.3, 0.4) is 0 Å². The molecule has 1 aliphatic heterocycles. The van der Waals surface area contributed by atoms with Crippen LogP contribution < -0.4 is 16.0 Å². The Bertz CT molecular complexity index is 566. The second-order valence-corrected chi connectivity index (χ2v) is 6.72. The van der Waals surface area contributed by atoms with Crippen LogP contribution in [-0.2, 0) is 0 Å². The lowest BCUT2D eigenvalue weighted by Crippen LogP contribution is -2.23. The predicted molar refractivity (Wildman–Crippen MR) is 86.1 cm³/mol. The van der Waals surface area contributed by atoms with Crippen LogP contribution >= 0.6 is 11.3 Å². The number of carbonyl (C=O) groups is 1. The molecule has 1 amide bonds. The predicted octanol–water partition coefficient (Wildman–Crippen LogP) is 1.69. The second kappa shape index (κ2) is 5.69. The number of nitrogens with one attached hydrogen (secondary N) is 1. The zero-order valence-corrected chi connectivity index (χ0v) is 12.8. The van der Waals surface area contributed by atoms with Gasteiger partial charge in [-0.05, 0) is 25.2 Å². The van der Waals surface area contributed by atoms with Crippen molar-refractivity contribution < 1.29 is 9.90 Å². The van der Waals surface area contributed by atoms with Gasteiger partial charge in [-0.15, -0.1) is 17.9 Å². The summed E-state index contributed by atoms with van der Waals surface area (Å²) in [5.41, 5.74) is 8.00. The van der Waals surface area contributed by atoms with Crippen molar-refractivity contribution in [3.05, 3.63) is 23.1 Å². The van der Waals surface area contributed by atoms with E-state index < -0.39 is 0 Å². The Morgan fingerprint density at radius 2 is 2.29 bits per heavy atom. The number of carbonyl (C=O) groups excluding carboxylic acids is 1. The SMILES string of the molecule is C=CCNC(=O)c1sc(N2CCC(O)C2)c(C2CC2)c1N. The van der Waals surface area contributed by atoms with Gasteiger partial charge in [0.1, 0.15) is 4.88 Å². The molecule has 1 aromatic heterocycles. The van der Waals surface area contributed by atoms with Crippen LogP contribution in [0, 0.1) is 0 Å². The first-order valence-electron chi connectivity index (χ1n) is 7.36. The third-order valence-electron chi connectivity index (χ3n) is 4.01. The lowest BCUT2D eigenvalue weighted by atomic mass is 10.1. The number of aliphatic hydroxyl groups is 1. The summed E-state index contributed by atoms with van der Waals surface area (Å²) in [6, 6.07) is 0. The fraction of sp³-hybridized carbons (Fsp3) is 0.533. The minimum Gasteiger partial charge on any atom is -0.397 e. The summed E-state index contributed by atoms with van der Waals surface area (Å²) >= 11 is 1.46. The molecule has 2 aliphatic rings. The van der Waals surface area contributed by atoms with E-state index in [0.29, 0.717) is 29.6 Å². The average molecular weight is 307 g/mol. The van der Waals surface area contributed by atoms with Crippen LogP contribution in [-0.4, -0.2) is 36.8 Å². The van der Waals surface area contributed by atoms with E-state index >= 15 is 0 Å². The van der Waals surface area contributed by atoms with E-state index in [9.17, 15) is 9.90 Å². The molecule has 4 N–H and O–H groups in total. The fourth-order valence-corrected chi connectivity index (χ4v) is 4.05. The van der Waals surface area contributed by atoms with Crippen LogP contribution in [0.15, 0.2) is 12.7 Å². The molecule has 1 unspecified atom stereocenters. The second-order valence-electron chi connectivity index (χ2n) is 5.73. The Kier molecular flexibility index (Phi) is 3.91. The maximum Gasteiger partial charge on any atom is 0.263 e. The van der Waals surface area contributed by atoms with Gasteiger partial charge < -0.3 is 21.1 Å². The number of β-amino-alcohol motifs (C(OH)–C–C–N with tert-alkyl or cyclic N) is 1. The average Bonchev–Trinajstić information content (AvgIpc) is 3.11. The molecule has 1 aliphatic carbocycles. The number of thiophene rings is 1. The first kappa shape index (κ1) is 14.4. The summed E-state index contributed by atoms with van der Waals surface area (Å²) < 4.78 is 0. The maximum absolute atomic E-state index is 12.2. The van der Waals surface area contributed by atoms with E-state index in [4.69, 9.17) is 5.73 Å². The molecule has 0 spiro atoms. The Morgan fingerprint density at radius 1 is 1.52 bits per heavy atom. The van der Waals surface area contributed by atoms with Gasteiger partial charge in [0.15, 0.2) is 0 Å². The molecule has 2 heterocycles. The molecular formula is C15H21N3O2S. The summed E-state index contributed by atoms with van der Waals surface area (Å²) in [6.07, 6.45) is 4.43. The summed E-state index contributed by atoms with van der Waals surface area (Å²) in [5, 5.41) is 13.6. The van der Waals surface area contributed by atoms with Gasteiger partial charge in [0.05, 0.1) is 16.8 Å². The third kappa shape index (κ3) is 2.78. The van der Waals surface area contributed by atoms with E-state index in [2.05, 4.69) is 16.8 Å². The first-order chi connectivity index (χ1) is 10.1. The molecule has 1 aromatic rings. The van der Waals surface area contributed by atoms with Crippen molar-refractivity contribution in [2.24, 2.45) is 0 Å². The molecule has 1 saturated heterocycles.